The first-order valence-electron chi connectivity index (χ1n) is 8.57. The molecule has 0 saturated carbocycles. The molecule has 1 heterocycles. The molecule has 0 radical (unpaired) electrons. The van der Waals surface area contributed by atoms with Crippen LogP contribution in [0, 0.1) is 11.6 Å². The first-order valence-corrected chi connectivity index (χ1v) is 8.57. The standard InChI is InChI=1S/C20H19F2N3O2/c1-25-19(26)9-8-17(24-25)20(27)23-18(14-5-3-7-16(22)12-14)11-13-4-2-6-15(21)10-13/h2-7,10,12,18H,8-9,11H2,1H3,(H,23,27). The van der Waals surface area contributed by atoms with Gasteiger partial charge in [0.2, 0.25) is 5.91 Å². The molecule has 1 unspecified atom stereocenters. The molecule has 1 aliphatic heterocycles. The number of rotatable bonds is 5. The highest BCUT2D eigenvalue weighted by molar-refractivity contribution is 6.39. The maximum atomic E-state index is 13.7. The molecule has 1 atom stereocenters. The van der Waals surface area contributed by atoms with Gasteiger partial charge >= 0.3 is 0 Å². The van der Waals surface area contributed by atoms with Gasteiger partial charge in [0, 0.05) is 19.9 Å². The first-order chi connectivity index (χ1) is 12.9. The minimum Gasteiger partial charge on any atom is -0.344 e. The second-order valence-electron chi connectivity index (χ2n) is 6.38. The summed E-state index contributed by atoms with van der Waals surface area (Å²) in [5.74, 6) is -1.40. The number of hydrogen-bond donors (Lipinski definition) is 1. The fourth-order valence-corrected chi connectivity index (χ4v) is 2.95. The molecule has 7 heteroatoms. The van der Waals surface area contributed by atoms with E-state index < -0.39 is 17.8 Å². The summed E-state index contributed by atoms with van der Waals surface area (Å²) in [4.78, 5) is 24.2. The third-order valence-corrected chi connectivity index (χ3v) is 4.35. The van der Waals surface area contributed by atoms with Crippen molar-refractivity contribution in [3.05, 3.63) is 71.3 Å². The molecular formula is C20H19F2N3O2. The van der Waals surface area contributed by atoms with Gasteiger partial charge < -0.3 is 5.32 Å². The second-order valence-corrected chi connectivity index (χ2v) is 6.38. The van der Waals surface area contributed by atoms with Crippen molar-refractivity contribution >= 4 is 17.5 Å². The average Bonchev–Trinajstić information content (AvgIpc) is 2.63. The van der Waals surface area contributed by atoms with E-state index in [2.05, 4.69) is 10.4 Å². The Balaban J connectivity index is 1.84. The van der Waals surface area contributed by atoms with Crippen LogP contribution >= 0.6 is 0 Å². The maximum absolute atomic E-state index is 13.7. The summed E-state index contributed by atoms with van der Waals surface area (Å²) in [5, 5.41) is 7.98. The topological polar surface area (TPSA) is 61.8 Å². The van der Waals surface area contributed by atoms with Crippen molar-refractivity contribution in [1.82, 2.24) is 10.3 Å². The number of amides is 2. The van der Waals surface area contributed by atoms with Gasteiger partial charge in [0.1, 0.15) is 17.3 Å². The summed E-state index contributed by atoms with van der Waals surface area (Å²) < 4.78 is 27.2. The van der Waals surface area contributed by atoms with Crippen LogP contribution in [0.4, 0.5) is 8.78 Å². The van der Waals surface area contributed by atoms with E-state index in [1.54, 1.807) is 24.3 Å². The van der Waals surface area contributed by atoms with Gasteiger partial charge in [-0.2, -0.15) is 5.10 Å². The molecule has 0 fully saturated rings. The van der Waals surface area contributed by atoms with Gasteiger partial charge in [-0.05, 0) is 41.8 Å². The lowest BCUT2D eigenvalue weighted by molar-refractivity contribution is -0.130. The summed E-state index contributed by atoms with van der Waals surface area (Å²) in [6.07, 6.45) is 0.733. The fraction of sp³-hybridized carbons (Fsp3) is 0.250. The largest absolute Gasteiger partial charge is 0.344 e. The van der Waals surface area contributed by atoms with Crippen LogP contribution in [0.5, 0.6) is 0 Å². The van der Waals surface area contributed by atoms with E-state index in [0.717, 1.165) is 5.01 Å². The third-order valence-electron chi connectivity index (χ3n) is 4.35. The molecule has 1 aliphatic rings. The van der Waals surface area contributed by atoms with Crippen molar-refractivity contribution in [3.63, 3.8) is 0 Å². The Kier molecular flexibility index (Phi) is 5.59. The smallest absolute Gasteiger partial charge is 0.267 e. The molecule has 0 spiro atoms. The zero-order valence-corrected chi connectivity index (χ0v) is 14.8. The predicted octanol–water partition coefficient (Wildman–Crippen LogP) is 2.97. The molecule has 0 aromatic heterocycles. The van der Waals surface area contributed by atoms with Crippen LogP contribution in [0.1, 0.15) is 30.0 Å². The van der Waals surface area contributed by atoms with Crippen molar-refractivity contribution in [1.29, 1.82) is 0 Å². The highest BCUT2D eigenvalue weighted by Crippen LogP contribution is 2.21. The normalized spacial score (nSPS) is 15.3. The molecule has 3 rings (SSSR count). The van der Waals surface area contributed by atoms with Crippen molar-refractivity contribution in [3.8, 4) is 0 Å². The number of hydrazone groups is 1. The van der Waals surface area contributed by atoms with Crippen LogP contribution in [-0.4, -0.2) is 29.6 Å². The molecule has 5 nitrogen and oxygen atoms in total. The minimum absolute atomic E-state index is 0.159. The SMILES string of the molecule is CN1N=C(C(=O)NC(Cc2cccc(F)c2)c2cccc(F)c2)CCC1=O. The van der Waals surface area contributed by atoms with Gasteiger partial charge in [0.05, 0.1) is 6.04 Å². The number of carbonyl (C=O) groups is 2. The Labute approximate surface area is 155 Å². The van der Waals surface area contributed by atoms with Crippen LogP contribution in [0.15, 0.2) is 53.6 Å². The zero-order chi connectivity index (χ0) is 19.4. The van der Waals surface area contributed by atoms with E-state index in [0.29, 0.717) is 11.1 Å². The summed E-state index contributed by atoms with van der Waals surface area (Å²) in [6, 6.07) is 11.4. The van der Waals surface area contributed by atoms with Crippen LogP contribution in [0.2, 0.25) is 0 Å². The number of nitrogens with one attached hydrogen (secondary N) is 1. The van der Waals surface area contributed by atoms with Crippen LogP contribution in [0.25, 0.3) is 0 Å². The van der Waals surface area contributed by atoms with Gasteiger partial charge in [0.15, 0.2) is 0 Å². The number of hydrogen-bond acceptors (Lipinski definition) is 3. The Morgan fingerprint density at radius 1 is 1.15 bits per heavy atom. The van der Waals surface area contributed by atoms with E-state index >= 15 is 0 Å². The molecule has 140 valence electrons. The van der Waals surface area contributed by atoms with Crippen molar-refractivity contribution in [2.45, 2.75) is 25.3 Å². The Bertz CT molecular complexity index is 898. The number of benzene rings is 2. The predicted molar refractivity (Wildman–Crippen MR) is 96.8 cm³/mol. The Morgan fingerprint density at radius 2 is 1.85 bits per heavy atom. The Morgan fingerprint density at radius 3 is 2.52 bits per heavy atom. The lowest BCUT2D eigenvalue weighted by atomic mass is 9.98. The van der Waals surface area contributed by atoms with Gasteiger partial charge in [-0.15, -0.1) is 0 Å². The molecule has 1 N–H and O–H groups in total. The van der Waals surface area contributed by atoms with Crippen molar-refractivity contribution < 1.29 is 18.4 Å². The van der Waals surface area contributed by atoms with Crippen LogP contribution in [0.3, 0.4) is 0 Å². The Hall–Kier alpha value is -3.09. The van der Waals surface area contributed by atoms with Gasteiger partial charge in [-0.25, -0.2) is 13.8 Å². The van der Waals surface area contributed by atoms with E-state index in [9.17, 15) is 18.4 Å². The lowest BCUT2D eigenvalue weighted by Crippen LogP contribution is -2.39. The molecule has 0 saturated heterocycles. The van der Waals surface area contributed by atoms with E-state index in [-0.39, 0.29) is 36.7 Å². The van der Waals surface area contributed by atoms with Gasteiger partial charge in [-0.3, -0.25) is 9.59 Å². The summed E-state index contributed by atoms with van der Waals surface area (Å²) in [5.41, 5.74) is 1.47. The average molecular weight is 371 g/mol. The van der Waals surface area contributed by atoms with E-state index in [4.69, 9.17) is 0 Å². The van der Waals surface area contributed by atoms with E-state index in [1.165, 1.54) is 31.3 Å². The lowest BCUT2D eigenvalue weighted by Gasteiger charge is -2.23. The van der Waals surface area contributed by atoms with Gasteiger partial charge in [0.25, 0.3) is 5.91 Å². The maximum Gasteiger partial charge on any atom is 0.267 e. The molecular weight excluding hydrogens is 352 g/mol. The molecule has 27 heavy (non-hydrogen) atoms. The molecule has 2 aromatic carbocycles. The number of nitrogens with zero attached hydrogens (tertiary/aromatic N) is 2. The fourth-order valence-electron chi connectivity index (χ4n) is 2.95. The number of halogens is 2. The second kappa shape index (κ2) is 8.07. The quantitative estimate of drug-likeness (QED) is 0.878. The monoisotopic (exact) mass is 371 g/mol. The highest BCUT2D eigenvalue weighted by atomic mass is 19.1. The number of carbonyl (C=O) groups excluding carboxylic acids is 2. The van der Waals surface area contributed by atoms with Crippen molar-refractivity contribution in [2.75, 3.05) is 7.05 Å². The third kappa shape index (κ3) is 4.75. The summed E-state index contributed by atoms with van der Waals surface area (Å²) >= 11 is 0. The van der Waals surface area contributed by atoms with Crippen LogP contribution < -0.4 is 5.32 Å². The molecule has 0 aliphatic carbocycles. The summed E-state index contributed by atoms with van der Waals surface area (Å²) in [6.45, 7) is 0. The molecule has 2 aromatic rings. The van der Waals surface area contributed by atoms with E-state index in [1.807, 2.05) is 0 Å². The molecule has 2 amide bonds. The van der Waals surface area contributed by atoms with Crippen LogP contribution in [-0.2, 0) is 16.0 Å². The minimum atomic E-state index is -0.569. The zero-order valence-electron chi connectivity index (χ0n) is 14.8. The first kappa shape index (κ1) is 18.7. The van der Waals surface area contributed by atoms with Crippen molar-refractivity contribution in [2.24, 2.45) is 5.10 Å². The highest BCUT2D eigenvalue weighted by Gasteiger charge is 2.24. The summed E-state index contributed by atoms with van der Waals surface area (Å²) in [7, 11) is 1.49. The molecule has 0 bridgehead atoms. The van der Waals surface area contributed by atoms with Gasteiger partial charge in [-0.1, -0.05) is 24.3 Å².